The zero-order valence-corrected chi connectivity index (χ0v) is 17.7. The number of benzene rings is 1. The number of carbonyl (C=O) groups excluding carboxylic acids is 1. The second-order valence-electron chi connectivity index (χ2n) is 7.86. The van der Waals surface area contributed by atoms with Crippen molar-refractivity contribution in [2.75, 3.05) is 40.3 Å². The monoisotopic (exact) mass is 401 g/mol. The summed E-state index contributed by atoms with van der Waals surface area (Å²) in [4.78, 5) is 18.6. The van der Waals surface area contributed by atoms with Crippen LogP contribution in [0.5, 0.6) is 5.75 Å². The van der Waals surface area contributed by atoms with E-state index in [4.69, 9.17) is 4.74 Å². The lowest BCUT2D eigenvalue weighted by Crippen LogP contribution is -2.43. The largest absolute Gasteiger partial charge is 0.497 e. The number of hydrogen-bond donors (Lipinski definition) is 3. The number of guanidine groups is 1. The van der Waals surface area contributed by atoms with E-state index in [9.17, 15) is 4.79 Å². The number of ether oxygens (including phenoxy) is 1. The lowest BCUT2D eigenvalue weighted by atomic mass is 10.1. The Balaban J connectivity index is 1.48. The van der Waals surface area contributed by atoms with Crippen LogP contribution < -0.4 is 20.7 Å². The number of amides is 1. The Morgan fingerprint density at radius 1 is 1.28 bits per heavy atom. The minimum atomic E-state index is 0.157. The summed E-state index contributed by atoms with van der Waals surface area (Å²) in [7, 11) is 3.49. The lowest BCUT2D eigenvalue weighted by Gasteiger charge is -2.29. The van der Waals surface area contributed by atoms with Gasteiger partial charge < -0.3 is 20.7 Å². The van der Waals surface area contributed by atoms with Gasteiger partial charge in [-0.25, -0.2) is 0 Å². The molecule has 0 radical (unpaired) electrons. The topological polar surface area (TPSA) is 78.0 Å². The molecule has 1 aromatic carbocycles. The van der Waals surface area contributed by atoms with Crippen LogP contribution in [0.2, 0.25) is 0 Å². The molecule has 7 nitrogen and oxygen atoms in total. The Labute approximate surface area is 174 Å². The number of likely N-dealkylation sites (tertiary alicyclic amines) is 1. The van der Waals surface area contributed by atoms with Crippen LogP contribution in [0.1, 0.15) is 50.1 Å². The van der Waals surface area contributed by atoms with Crippen molar-refractivity contribution in [3.8, 4) is 5.75 Å². The van der Waals surface area contributed by atoms with Gasteiger partial charge in [0.2, 0.25) is 5.91 Å². The zero-order valence-electron chi connectivity index (χ0n) is 17.7. The van der Waals surface area contributed by atoms with E-state index in [0.29, 0.717) is 12.5 Å². The Kier molecular flexibility index (Phi) is 8.16. The second kappa shape index (κ2) is 11.0. The molecule has 0 spiro atoms. The van der Waals surface area contributed by atoms with Crippen LogP contribution in [-0.4, -0.2) is 63.1 Å². The van der Waals surface area contributed by atoms with Crippen LogP contribution in [-0.2, 0) is 4.79 Å². The number of methoxy groups -OCH3 is 1. The van der Waals surface area contributed by atoms with Gasteiger partial charge in [0.25, 0.3) is 0 Å². The van der Waals surface area contributed by atoms with Crippen molar-refractivity contribution in [3.05, 3.63) is 29.8 Å². The van der Waals surface area contributed by atoms with E-state index in [-0.39, 0.29) is 11.9 Å². The van der Waals surface area contributed by atoms with E-state index < -0.39 is 0 Å². The molecule has 2 fully saturated rings. The van der Waals surface area contributed by atoms with Crippen LogP contribution in [0.4, 0.5) is 0 Å². The SMILES string of the molecule is CN=C(NCCCC(=O)NC1CC1)NCC(c1cccc(OC)c1)N1CCCC1. The predicted octanol–water partition coefficient (Wildman–Crippen LogP) is 2.06. The maximum atomic E-state index is 11.8. The number of carbonyl (C=O) groups is 1. The van der Waals surface area contributed by atoms with Crippen LogP contribution in [0, 0.1) is 0 Å². The summed E-state index contributed by atoms with van der Waals surface area (Å²) < 4.78 is 5.42. The Bertz CT molecular complexity index is 684. The van der Waals surface area contributed by atoms with Gasteiger partial charge in [-0.2, -0.15) is 0 Å². The third kappa shape index (κ3) is 6.92. The van der Waals surface area contributed by atoms with Gasteiger partial charge in [-0.3, -0.25) is 14.7 Å². The minimum Gasteiger partial charge on any atom is -0.497 e. The highest BCUT2D eigenvalue weighted by atomic mass is 16.5. The molecule has 0 aromatic heterocycles. The van der Waals surface area contributed by atoms with Crippen molar-refractivity contribution in [1.29, 1.82) is 0 Å². The van der Waals surface area contributed by atoms with Crippen molar-refractivity contribution in [3.63, 3.8) is 0 Å². The maximum absolute atomic E-state index is 11.8. The molecule has 1 heterocycles. The Morgan fingerprint density at radius 2 is 2.07 bits per heavy atom. The van der Waals surface area contributed by atoms with E-state index in [1.807, 2.05) is 6.07 Å². The fourth-order valence-electron chi connectivity index (χ4n) is 3.76. The van der Waals surface area contributed by atoms with Gasteiger partial charge in [0.15, 0.2) is 5.96 Å². The number of hydrogen-bond acceptors (Lipinski definition) is 4. The van der Waals surface area contributed by atoms with Gasteiger partial charge in [-0.05, 0) is 62.9 Å². The molecule has 2 aliphatic rings. The quantitative estimate of drug-likeness (QED) is 0.318. The number of nitrogens with zero attached hydrogens (tertiary/aromatic N) is 2. The highest BCUT2D eigenvalue weighted by molar-refractivity contribution is 5.80. The van der Waals surface area contributed by atoms with Gasteiger partial charge >= 0.3 is 0 Å². The second-order valence-corrected chi connectivity index (χ2v) is 7.86. The first kappa shape index (κ1) is 21.4. The molecular weight excluding hydrogens is 366 g/mol. The number of aliphatic imine (C=N–C) groups is 1. The highest BCUT2D eigenvalue weighted by Crippen LogP contribution is 2.27. The van der Waals surface area contributed by atoms with Crippen LogP contribution in [0.15, 0.2) is 29.3 Å². The fraction of sp³-hybridized carbons (Fsp3) is 0.636. The molecule has 29 heavy (non-hydrogen) atoms. The molecule has 1 saturated carbocycles. The molecule has 7 heteroatoms. The van der Waals surface area contributed by atoms with Gasteiger partial charge in [-0.1, -0.05) is 12.1 Å². The van der Waals surface area contributed by atoms with E-state index in [0.717, 1.165) is 57.2 Å². The molecule has 1 amide bonds. The Morgan fingerprint density at radius 3 is 2.76 bits per heavy atom. The zero-order chi connectivity index (χ0) is 20.5. The first-order chi connectivity index (χ1) is 14.2. The first-order valence-electron chi connectivity index (χ1n) is 10.8. The van der Waals surface area contributed by atoms with Crippen LogP contribution in [0.25, 0.3) is 0 Å². The van der Waals surface area contributed by atoms with Crippen molar-refractivity contribution in [2.24, 2.45) is 4.99 Å². The van der Waals surface area contributed by atoms with Gasteiger partial charge in [-0.15, -0.1) is 0 Å². The molecule has 3 rings (SSSR count). The van der Waals surface area contributed by atoms with E-state index >= 15 is 0 Å². The summed E-state index contributed by atoms with van der Waals surface area (Å²) in [5.41, 5.74) is 1.26. The summed E-state index contributed by atoms with van der Waals surface area (Å²) >= 11 is 0. The van der Waals surface area contributed by atoms with Gasteiger partial charge in [0, 0.05) is 32.6 Å². The van der Waals surface area contributed by atoms with Crippen LogP contribution >= 0.6 is 0 Å². The lowest BCUT2D eigenvalue weighted by molar-refractivity contribution is -0.121. The van der Waals surface area contributed by atoms with E-state index in [1.54, 1.807) is 14.2 Å². The van der Waals surface area contributed by atoms with Crippen molar-refractivity contribution in [1.82, 2.24) is 20.9 Å². The molecule has 0 bridgehead atoms. The molecule has 1 saturated heterocycles. The average Bonchev–Trinajstić information content (AvgIpc) is 3.39. The van der Waals surface area contributed by atoms with Gasteiger partial charge in [0.1, 0.15) is 5.75 Å². The summed E-state index contributed by atoms with van der Waals surface area (Å²) in [5.74, 6) is 1.82. The standard InChI is InChI=1S/C22H35N5O2/c1-23-22(24-12-6-9-21(28)26-18-10-11-18)25-16-20(27-13-3-4-14-27)17-7-5-8-19(15-17)29-2/h5,7-8,15,18,20H,3-4,6,9-14,16H2,1-2H3,(H,26,28)(H2,23,24,25). The molecule has 3 N–H and O–H groups in total. The summed E-state index contributed by atoms with van der Waals surface area (Å²) in [6, 6.07) is 9.04. The number of rotatable bonds is 10. The Hall–Kier alpha value is -2.28. The predicted molar refractivity (Wildman–Crippen MR) is 116 cm³/mol. The molecular formula is C22H35N5O2. The third-order valence-electron chi connectivity index (χ3n) is 5.56. The van der Waals surface area contributed by atoms with Crippen LogP contribution in [0.3, 0.4) is 0 Å². The van der Waals surface area contributed by atoms with E-state index in [2.05, 4.69) is 44.0 Å². The van der Waals surface area contributed by atoms with Crippen molar-refractivity contribution >= 4 is 11.9 Å². The summed E-state index contributed by atoms with van der Waals surface area (Å²) in [5, 5.41) is 9.82. The normalized spacial score (nSPS) is 18.3. The fourth-order valence-corrected chi connectivity index (χ4v) is 3.76. The third-order valence-corrected chi connectivity index (χ3v) is 5.56. The summed E-state index contributed by atoms with van der Waals surface area (Å²) in [6.45, 7) is 3.73. The average molecular weight is 402 g/mol. The molecule has 1 aromatic rings. The van der Waals surface area contributed by atoms with Crippen molar-refractivity contribution in [2.45, 2.75) is 50.6 Å². The number of nitrogens with one attached hydrogen (secondary N) is 3. The molecule has 1 aliphatic carbocycles. The molecule has 1 atom stereocenters. The molecule has 1 unspecified atom stereocenters. The van der Waals surface area contributed by atoms with E-state index in [1.165, 1.54) is 18.4 Å². The molecule has 1 aliphatic heterocycles. The molecule has 160 valence electrons. The smallest absolute Gasteiger partial charge is 0.220 e. The van der Waals surface area contributed by atoms with Crippen molar-refractivity contribution < 1.29 is 9.53 Å². The maximum Gasteiger partial charge on any atom is 0.220 e. The van der Waals surface area contributed by atoms with Gasteiger partial charge in [0.05, 0.1) is 13.2 Å². The summed E-state index contributed by atoms with van der Waals surface area (Å²) in [6.07, 6.45) is 6.11. The highest BCUT2D eigenvalue weighted by Gasteiger charge is 2.24. The first-order valence-corrected chi connectivity index (χ1v) is 10.8. The minimum absolute atomic E-state index is 0.157.